The number of phenols is 1. The number of aromatic hydroxyl groups is 1. The summed E-state index contributed by atoms with van der Waals surface area (Å²) < 4.78 is 10.9. The molecular formula is C25H36N2O5. The standard InChI is InChI=1S/C25H36N2O5/c1-5-25(6-2,24(30)31-4)14-19-13-17(3)22(19)26-23(29)21-16-27(11-12-32-21)15-18-7-9-20(28)10-8-18/h7-10,19,21-22,28H,3,5-6,11-16H2,1-2,4H3,(H,26,29). The first-order valence-electron chi connectivity index (χ1n) is 11.5. The van der Waals surface area contributed by atoms with Crippen LogP contribution in [0.5, 0.6) is 5.75 Å². The molecule has 32 heavy (non-hydrogen) atoms. The van der Waals surface area contributed by atoms with Crippen molar-refractivity contribution in [3.05, 3.63) is 42.0 Å². The lowest BCUT2D eigenvalue weighted by molar-refractivity contribution is -0.155. The Morgan fingerprint density at radius 3 is 2.56 bits per heavy atom. The molecule has 1 aliphatic heterocycles. The maximum absolute atomic E-state index is 13.0. The highest BCUT2D eigenvalue weighted by molar-refractivity contribution is 5.82. The van der Waals surface area contributed by atoms with Crippen LogP contribution in [-0.4, -0.2) is 60.8 Å². The van der Waals surface area contributed by atoms with Gasteiger partial charge in [0.1, 0.15) is 11.9 Å². The topological polar surface area (TPSA) is 88.1 Å². The second kappa shape index (κ2) is 10.5. The molecule has 176 valence electrons. The summed E-state index contributed by atoms with van der Waals surface area (Å²) in [5, 5.41) is 12.6. The number of ether oxygens (including phenoxy) is 2. The minimum atomic E-state index is -0.544. The van der Waals surface area contributed by atoms with Crippen molar-refractivity contribution in [3.8, 4) is 5.75 Å². The second-order valence-electron chi connectivity index (χ2n) is 9.05. The number of nitrogens with one attached hydrogen (secondary N) is 1. The number of nitrogens with zero attached hydrogens (tertiary/aromatic N) is 1. The third-order valence-corrected chi connectivity index (χ3v) is 7.14. The predicted octanol–water partition coefficient (Wildman–Crippen LogP) is 3.02. The van der Waals surface area contributed by atoms with Gasteiger partial charge >= 0.3 is 5.97 Å². The van der Waals surface area contributed by atoms with Gasteiger partial charge in [-0.05, 0) is 49.3 Å². The van der Waals surface area contributed by atoms with Gasteiger partial charge in [-0.25, -0.2) is 0 Å². The van der Waals surface area contributed by atoms with Gasteiger partial charge in [-0.3, -0.25) is 14.5 Å². The smallest absolute Gasteiger partial charge is 0.311 e. The number of morpholine rings is 1. The Balaban J connectivity index is 1.58. The van der Waals surface area contributed by atoms with Crippen molar-refractivity contribution >= 4 is 11.9 Å². The van der Waals surface area contributed by atoms with Crippen molar-refractivity contribution < 1.29 is 24.2 Å². The highest BCUT2D eigenvalue weighted by Crippen LogP contribution is 2.44. The Labute approximate surface area is 190 Å². The molecule has 1 saturated heterocycles. The summed E-state index contributed by atoms with van der Waals surface area (Å²) in [5.41, 5.74) is 1.55. The average Bonchev–Trinajstić information content (AvgIpc) is 2.81. The molecule has 1 aromatic carbocycles. The van der Waals surface area contributed by atoms with Gasteiger partial charge in [0, 0.05) is 19.6 Å². The third kappa shape index (κ3) is 5.33. The Bertz CT molecular complexity index is 818. The van der Waals surface area contributed by atoms with Gasteiger partial charge in [0.2, 0.25) is 0 Å². The van der Waals surface area contributed by atoms with Crippen LogP contribution >= 0.6 is 0 Å². The minimum Gasteiger partial charge on any atom is -0.508 e. The predicted molar refractivity (Wildman–Crippen MR) is 122 cm³/mol. The monoisotopic (exact) mass is 444 g/mol. The van der Waals surface area contributed by atoms with Crippen molar-refractivity contribution in [2.24, 2.45) is 11.3 Å². The lowest BCUT2D eigenvalue weighted by atomic mass is 9.65. The number of carbonyl (C=O) groups is 2. The summed E-state index contributed by atoms with van der Waals surface area (Å²) in [7, 11) is 1.44. The van der Waals surface area contributed by atoms with Crippen molar-refractivity contribution in [3.63, 3.8) is 0 Å². The number of methoxy groups -OCH3 is 1. The van der Waals surface area contributed by atoms with E-state index in [1.54, 1.807) is 12.1 Å². The summed E-state index contributed by atoms with van der Waals surface area (Å²) in [6.07, 6.45) is 2.35. The Hall–Kier alpha value is -2.38. The fourth-order valence-corrected chi connectivity index (χ4v) is 4.90. The summed E-state index contributed by atoms with van der Waals surface area (Å²) in [5.74, 6) is 0.103. The van der Waals surface area contributed by atoms with Gasteiger partial charge < -0.3 is 19.9 Å². The number of hydrogen-bond acceptors (Lipinski definition) is 6. The fraction of sp³-hybridized carbons (Fsp3) is 0.600. The summed E-state index contributed by atoms with van der Waals surface area (Å²) in [6, 6.07) is 6.98. The molecule has 1 aliphatic carbocycles. The Morgan fingerprint density at radius 2 is 1.97 bits per heavy atom. The van der Waals surface area contributed by atoms with Gasteiger partial charge in [0.25, 0.3) is 5.91 Å². The van der Waals surface area contributed by atoms with Crippen molar-refractivity contribution in [1.82, 2.24) is 10.2 Å². The van der Waals surface area contributed by atoms with Crippen LogP contribution in [0.4, 0.5) is 0 Å². The molecule has 1 aromatic rings. The molecule has 0 aromatic heterocycles. The molecule has 1 saturated carbocycles. The van der Waals surface area contributed by atoms with Crippen LogP contribution in [0.3, 0.4) is 0 Å². The van der Waals surface area contributed by atoms with Crippen LogP contribution < -0.4 is 5.32 Å². The van der Waals surface area contributed by atoms with Crippen molar-refractivity contribution in [1.29, 1.82) is 0 Å². The first-order chi connectivity index (χ1) is 15.3. The largest absolute Gasteiger partial charge is 0.508 e. The van der Waals surface area contributed by atoms with E-state index < -0.39 is 11.5 Å². The Morgan fingerprint density at radius 1 is 1.28 bits per heavy atom. The maximum atomic E-state index is 13.0. The van der Waals surface area contributed by atoms with Crippen molar-refractivity contribution in [2.75, 3.05) is 26.8 Å². The zero-order valence-corrected chi connectivity index (χ0v) is 19.4. The summed E-state index contributed by atoms with van der Waals surface area (Å²) >= 11 is 0. The van der Waals surface area contributed by atoms with Crippen LogP contribution in [-0.2, 0) is 25.6 Å². The number of esters is 1. The van der Waals surface area contributed by atoms with Crippen LogP contribution in [0, 0.1) is 11.3 Å². The van der Waals surface area contributed by atoms with Gasteiger partial charge in [-0.15, -0.1) is 0 Å². The van der Waals surface area contributed by atoms with E-state index in [2.05, 4.69) is 16.8 Å². The van der Waals surface area contributed by atoms with Crippen molar-refractivity contribution in [2.45, 2.75) is 58.2 Å². The molecule has 7 nitrogen and oxygen atoms in total. The molecular weight excluding hydrogens is 408 g/mol. The highest BCUT2D eigenvalue weighted by Gasteiger charge is 2.45. The molecule has 0 bridgehead atoms. The maximum Gasteiger partial charge on any atom is 0.311 e. The third-order valence-electron chi connectivity index (χ3n) is 7.14. The van der Waals surface area contributed by atoms with E-state index in [1.165, 1.54) is 7.11 Å². The molecule has 2 N–H and O–H groups in total. The van der Waals surface area contributed by atoms with E-state index in [-0.39, 0.29) is 29.6 Å². The average molecular weight is 445 g/mol. The quantitative estimate of drug-likeness (QED) is 0.450. The van der Waals surface area contributed by atoms with E-state index in [4.69, 9.17) is 9.47 Å². The zero-order chi connectivity index (χ0) is 23.3. The van der Waals surface area contributed by atoms with E-state index in [0.29, 0.717) is 39.0 Å². The number of phenolic OH excluding ortho intramolecular Hbond substituents is 1. The highest BCUT2D eigenvalue weighted by atomic mass is 16.5. The molecule has 3 atom stereocenters. The molecule has 3 rings (SSSR count). The molecule has 1 heterocycles. The lowest BCUT2D eigenvalue weighted by Crippen LogP contribution is -2.56. The zero-order valence-electron chi connectivity index (χ0n) is 19.4. The van der Waals surface area contributed by atoms with E-state index >= 15 is 0 Å². The van der Waals surface area contributed by atoms with Crippen LogP contribution in [0.15, 0.2) is 36.4 Å². The molecule has 0 radical (unpaired) electrons. The molecule has 3 unspecified atom stereocenters. The Kier molecular flexibility index (Phi) is 7.96. The number of amides is 1. The molecule has 0 spiro atoms. The number of benzene rings is 1. The SMILES string of the molecule is C=C1CC(CC(CC)(CC)C(=O)OC)C1NC(=O)C1CN(Cc2ccc(O)cc2)CCO1. The lowest BCUT2D eigenvalue weighted by Gasteiger charge is -2.45. The number of rotatable bonds is 9. The first kappa shape index (κ1) is 24.3. The van der Waals surface area contributed by atoms with Crippen LogP contribution in [0.25, 0.3) is 0 Å². The van der Waals surface area contributed by atoms with Gasteiger partial charge in [0.05, 0.1) is 25.2 Å². The van der Waals surface area contributed by atoms with Gasteiger partial charge in [-0.2, -0.15) is 0 Å². The van der Waals surface area contributed by atoms with E-state index in [1.807, 2.05) is 26.0 Å². The fourth-order valence-electron chi connectivity index (χ4n) is 4.90. The van der Waals surface area contributed by atoms with Crippen LogP contribution in [0.1, 0.15) is 45.1 Å². The first-order valence-corrected chi connectivity index (χ1v) is 11.5. The molecule has 1 amide bonds. The second-order valence-corrected chi connectivity index (χ2v) is 9.05. The molecule has 7 heteroatoms. The summed E-state index contributed by atoms with van der Waals surface area (Å²) in [6.45, 7) is 10.6. The van der Waals surface area contributed by atoms with Gasteiger partial charge in [-0.1, -0.05) is 38.1 Å². The normalized spacial score (nSPS) is 24.0. The summed E-state index contributed by atoms with van der Waals surface area (Å²) in [4.78, 5) is 27.6. The van der Waals surface area contributed by atoms with Gasteiger partial charge in [0.15, 0.2) is 0 Å². The van der Waals surface area contributed by atoms with E-state index in [9.17, 15) is 14.7 Å². The number of carbonyl (C=O) groups excluding carboxylic acids is 2. The molecule has 2 fully saturated rings. The van der Waals surface area contributed by atoms with Crippen LogP contribution in [0.2, 0.25) is 0 Å². The van der Waals surface area contributed by atoms with E-state index in [0.717, 1.165) is 24.1 Å². The minimum absolute atomic E-state index is 0.132. The molecule has 2 aliphatic rings. The number of hydrogen-bond donors (Lipinski definition) is 2.